The highest BCUT2D eigenvalue weighted by molar-refractivity contribution is 9.10. The number of benzene rings is 3. The van der Waals surface area contributed by atoms with Gasteiger partial charge in [0.1, 0.15) is 12.3 Å². The number of halogens is 1. The van der Waals surface area contributed by atoms with E-state index >= 15 is 0 Å². The fourth-order valence-electron chi connectivity index (χ4n) is 3.42. The first-order valence-corrected chi connectivity index (χ1v) is 12.0. The van der Waals surface area contributed by atoms with Crippen LogP contribution >= 0.6 is 27.7 Å². The normalized spacial score (nSPS) is 14.8. The van der Waals surface area contributed by atoms with Gasteiger partial charge in [-0.15, -0.1) is 0 Å². The second kappa shape index (κ2) is 10.2. The van der Waals surface area contributed by atoms with Crippen molar-refractivity contribution in [2.24, 2.45) is 0 Å². The van der Waals surface area contributed by atoms with Gasteiger partial charge >= 0.3 is 0 Å². The summed E-state index contributed by atoms with van der Waals surface area (Å²) in [5.41, 5.74) is 1.32. The molecule has 168 valence electrons. The molecule has 33 heavy (non-hydrogen) atoms. The van der Waals surface area contributed by atoms with Crippen LogP contribution in [-0.4, -0.2) is 35.1 Å². The van der Waals surface area contributed by atoms with E-state index in [0.717, 1.165) is 38.3 Å². The number of nitrogens with one attached hydrogen (secondary N) is 1. The Bertz CT molecular complexity index is 1270. The Labute approximate surface area is 204 Å². The molecular formula is C25H21BrN2O4S. The summed E-state index contributed by atoms with van der Waals surface area (Å²) in [5.74, 6) is -0.315. The maximum Gasteiger partial charge on any atom is 0.294 e. The van der Waals surface area contributed by atoms with E-state index in [4.69, 9.17) is 4.74 Å². The van der Waals surface area contributed by atoms with Crippen LogP contribution in [0.15, 0.2) is 70.0 Å². The molecule has 3 aromatic carbocycles. The van der Waals surface area contributed by atoms with Crippen molar-refractivity contribution in [3.05, 3.63) is 75.6 Å². The smallest absolute Gasteiger partial charge is 0.294 e. The van der Waals surface area contributed by atoms with Crippen molar-refractivity contribution >= 4 is 67.3 Å². The molecule has 0 spiro atoms. The maximum atomic E-state index is 12.9. The Kier molecular flexibility index (Phi) is 7.15. The molecule has 8 heteroatoms. The molecule has 1 N–H and O–H groups in total. The van der Waals surface area contributed by atoms with Crippen molar-refractivity contribution in [3.8, 4) is 5.75 Å². The number of carbonyl (C=O) groups is 3. The minimum atomic E-state index is -0.500. The van der Waals surface area contributed by atoms with Gasteiger partial charge in [-0.1, -0.05) is 59.3 Å². The van der Waals surface area contributed by atoms with Gasteiger partial charge in [0.25, 0.3) is 11.1 Å². The van der Waals surface area contributed by atoms with Gasteiger partial charge in [0, 0.05) is 21.1 Å². The van der Waals surface area contributed by atoms with Gasteiger partial charge in [-0.3, -0.25) is 19.3 Å². The molecule has 1 fully saturated rings. The summed E-state index contributed by atoms with van der Waals surface area (Å²) in [6, 6.07) is 18.7. The van der Waals surface area contributed by atoms with Gasteiger partial charge in [-0.25, -0.2) is 0 Å². The Morgan fingerprint density at radius 2 is 1.91 bits per heavy atom. The van der Waals surface area contributed by atoms with E-state index in [-0.39, 0.29) is 11.4 Å². The first-order valence-electron chi connectivity index (χ1n) is 10.4. The van der Waals surface area contributed by atoms with E-state index in [0.29, 0.717) is 23.6 Å². The zero-order chi connectivity index (χ0) is 23.4. The molecular weight excluding hydrogens is 504 g/mol. The van der Waals surface area contributed by atoms with Crippen molar-refractivity contribution in [2.45, 2.75) is 13.3 Å². The summed E-state index contributed by atoms with van der Waals surface area (Å²) in [6.07, 6.45) is 2.47. The zero-order valence-corrected chi connectivity index (χ0v) is 20.2. The molecule has 4 rings (SSSR count). The number of fused-ring (bicyclic) bond motifs is 1. The van der Waals surface area contributed by atoms with E-state index in [1.54, 1.807) is 12.1 Å². The van der Waals surface area contributed by atoms with Gasteiger partial charge in [0.15, 0.2) is 0 Å². The number of amides is 3. The minimum absolute atomic E-state index is 0.248. The Balaban J connectivity index is 1.51. The van der Waals surface area contributed by atoms with Crippen LogP contribution in [0.2, 0.25) is 0 Å². The number of rotatable bonds is 7. The number of carbonyl (C=O) groups excluding carboxylic acids is 3. The summed E-state index contributed by atoms with van der Waals surface area (Å²) in [7, 11) is 0. The molecule has 0 saturated carbocycles. The molecule has 0 aromatic heterocycles. The Morgan fingerprint density at radius 1 is 1.12 bits per heavy atom. The molecule has 0 unspecified atom stereocenters. The number of thioether (sulfide) groups is 1. The van der Waals surface area contributed by atoms with Crippen molar-refractivity contribution < 1.29 is 19.1 Å². The third-order valence-corrected chi connectivity index (χ3v) is 6.36. The molecule has 1 aliphatic rings. The molecule has 1 saturated heterocycles. The fourth-order valence-corrected chi connectivity index (χ4v) is 4.63. The summed E-state index contributed by atoms with van der Waals surface area (Å²) in [6.45, 7) is 2.19. The number of hydrogen-bond acceptors (Lipinski definition) is 5. The number of ether oxygens (including phenoxy) is 1. The molecule has 3 amide bonds. The van der Waals surface area contributed by atoms with E-state index in [2.05, 4.69) is 21.2 Å². The Hall–Kier alpha value is -3.10. The fraction of sp³-hybridized carbons (Fsp3) is 0.160. The number of nitrogens with zero attached hydrogens (tertiary/aromatic N) is 1. The second-order valence-corrected chi connectivity index (χ2v) is 9.28. The highest BCUT2D eigenvalue weighted by Gasteiger charge is 2.36. The van der Waals surface area contributed by atoms with Crippen LogP contribution < -0.4 is 10.1 Å². The number of anilines is 1. The highest BCUT2D eigenvalue weighted by atomic mass is 79.9. The minimum Gasteiger partial charge on any atom is -0.493 e. The maximum absolute atomic E-state index is 12.9. The molecule has 3 aromatic rings. The van der Waals surface area contributed by atoms with Crippen LogP contribution in [0.4, 0.5) is 10.5 Å². The summed E-state index contributed by atoms with van der Waals surface area (Å²) in [4.78, 5) is 39.3. The predicted molar refractivity (Wildman–Crippen MR) is 135 cm³/mol. The lowest BCUT2D eigenvalue weighted by atomic mass is 10.1. The monoisotopic (exact) mass is 524 g/mol. The van der Waals surface area contributed by atoms with Crippen molar-refractivity contribution in [1.82, 2.24) is 4.90 Å². The van der Waals surface area contributed by atoms with Gasteiger partial charge < -0.3 is 10.1 Å². The van der Waals surface area contributed by atoms with E-state index in [9.17, 15) is 14.4 Å². The van der Waals surface area contributed by atoms with Gasteiger partial charge in [-0.05, 0) is 53.9 Å². The van der Waals surface area contributed by atoms with E-state index < -0.39 is 17.1 Å². The van der Waals surface area contributed by atoms with Crippen LogP contribution in [0.3, 0.4) is 0 Å². The van der Waals surface area contributed by atoms with Gasteiger partial charge in [0.2, 0.25) is 5.91 Å². The Morgan fingerprint density at radius 3 is 2.73 bits per heavy atom. The molecule has 0 aliphatic carbocycles. The predicted octanol–water partition coefficient (Wildman–Crippen LogP) is 6.07. The third kappa shape index (κ3) is 5.29. The molecule has 1 heterocycles. The highest BCUT2D eigenvalue weighted by Crippen LogP contribution is 2.35. The summed E-state index contributed by atoms with van der Waals surface area (Å²) in [5, 5.41) is 4.21. The molecule has 6 nitrogen and oxygen atoms in total. The van der Waals surface area contributed by atoms with Crippen LogP contribution in [-0.2, 0) is 9.59 Å². The van der Waals surface area contributed by atoms with E-state index in [1.807, 2.05) is 61.5 Å². The zero-order valence-electron chi connectivity index (χ0n) is 17.8. The molecule has 0 radical (unpaired) electrons. The van der Waals surface area contributed by atoms with Gasteiger partial charge in [0.05, 0.1) is 11.5 Å². The SMILES string of the molecule is CCCOc1ccc(Br)cc1/C=C1/SC(=O)N(CC(=O)Nc2cccc3ccccc23)C1=O. The topological polar surface area (TPSA) is 75.7 Å². The molecule has 0 atom stereocenters. The summed E-state index contributed by atoms with van der Waals surface area (Å²) < 4.78 is 6.58. The lowest BCUT2D eigenvalue weighted by Gasteiger charge is -2.13. The van der Waals surface area contributed by atoms with Crippen LogP contribution in [0.25, 0.3) is 16.8 Å². The first kappa shape index (κ1) is 23.1. The van der Waals surface area contributed by atoms with Crippen molar-refractivity contribution in [1.29, 1.82) is 0 Å². The second-order valence-electron chi connectivity index (χ2n) is 7.37. The number of hydrogen-bond donors (Lipinski definition) is 1. The standard InChI is InChI=1S/C25H21BrN2O4S/c1-2-12-32-21-11-10-18(26)13-17(21)14-22-24(30)28(25(31)33-22)15-23(29)27-20-9-5-7-16-6-3-4-8-19(16)20/h3-11,13-14H,2,12,15H2,1H3,(H,27,29)/b22-14+. The van der Waals surface area contributed by atoms with Crippen LogP contribution in [0.5, 0.6) is 5.75 Å². The lowest BCUT2D eigenvalue weighted by molar-refractivity contribution is -0.127. The number of imide groups is 1. The van der Waals surface area contributed by atoms with Crippen LogP contribution in [0, 0.1) is 0 Å². The van der Waals surface area contributed by atoms with Gasteiger partial charge in [-0.2, -0.15) is 0 Å². The quantitative estimate of drug-likeness (QED) is 0.379. The lowest BCUT2D eigenvalue weighted by Crippen LogP contribution is -2.36. The average Bonchev–Trinajstić information content (AvgIpc) is 3.06. The average molecular weight is 525 g/mol. The summed E-state index contributed by atoms with van der Waals surface area (Å²) >= 11 is 4.24. The molecule has 0 bridgehead atoms. The van der Waals surface area contributed by atoms with Crippen LogP contribution in [0.1, 0.15) is 18.9 Å². The molecule has 1 aliphatic heterocycles. The van der Waals surface area contributed by atoms with E-state index in [1.165, 1.54) is 0 Å². The van der Waals surface area contributed by atoms with Crippen molar-refractivity contribution in [3.63, 3.8) is 0 Å². The largest absolute Gasteiger partial charge is 0.493 e. The van der Waals surface area contributed by atoms with Crippen molar-refractivity contribution in [2.75, 3.05) is 18.5 Å². The third-order valence-electron chi connectivity index (χ3n) is 4.96. The first-order chi connectivity index (χ1) is 16.0.